The van der Waals surface area contributed by atoms with Crippen molar-refractivity contribution >= 4 is 5.91 Å². The van der Waals surface area contributed by atoms with E-state index in [4.69, 9.17) is 4.74 Å². The second kappa shape index (κ2) is 4.64. The van der Waals surface area contributed by atoms with Crippen LogP contribution in [0.1, 0.15) is 32.3 Å². The average molecular weight is 259 g/mol. The van der Waals surface area contributed by atoms with E-state index in [0.29, 0.717) is 5.91 Å². The summed E-state index contributed by atoms with van der Waals surface area (Å²) in [7, 11) is 0. The Balaban J connectivity index is 1.80. The Kier molecular flexibility index (Phi) is 3.09. The number of amides is 1. The Hall–Kier alpha value is -1.35. The fourth-order valence-electron chi connectivity index (χ4n) is 3.15. The van der Waals surface area contributed by atoms with Crippen LogP contribution in [0.25, 0.3) is 0 Å². The van der Waals surface area contributed by atoms with Crippen LogP contribution in [0.4, 0.5) is 0 Å². The van der Waals surface area contributed by atoms with Crippen LogP contribution in [0.5, 0.6) is 0 Å². The standard InChI is InChI=1S/C16H21NO2/c1-12-10-17(11-13(2)19-12)15(18)16(8-9-16)14-6-4-3-5-7-14/h3-7,12-13H,8-11H2,1-2H3. The molecule has 3 heteroatoms. The molecule has 2 atom stereocenters. The highest BCUT2D eigenvalue weighted by molar-refractivity contribution is 5.91. The minimum Gasteiger partial charge on any atom is -0.372 e. The van der Waals surface area contributed by atoms with Gasteiger partial charge in [0.15, 0.2) is 0 Å². The summed E-state index contributed by atoms with van der Waals surface area (Å²) in [6, 6.07) is 10.2. The third-order valence-corrected chi connectivity index (χ3v) is 4.19. The fraction of sp³-hybridized carbons (Fsp3) is 0.562. The number of ether oxygens (including phenoxy) is 1. The molecule has 0 radical (unpaired) electrons. The molecule has 102 valence electrons. The normalized spacial score (nSPS) is 29.1. The van der Waals surface area contributed by atoms with Gasteiger partial charge in [-0.05, 0) is 32.3 Å². The van der Waals surface area contributed by atoms with E-state index in [0.717, 1.165) is 25.9 Å². The second-order valence-corrected chi connectivity index (χ2v) is 5.92. The summed E-state index contributed by atoms with van der Waals surface area (Å²) in [6.45, 7) is 5.52. The van der Waals surface area contributed by atoms with Crippen LogP contribution in [0.3, 0.4) is 0 Å². The van der Waals surface area contributed by atoms with Gasteiger partial charge < -0.3 is 9.64 Å². The molecule has 1 aromatic rings. The summed E-state index contributed by atoms with van der Waals surface area (Å²) in [6.07, 6.45) is 2.24. The van der Waals surface area contributed by atoms with Crippen LogP contribution in [0, 0.1) is 0 Å². The molecule has 3 rings (SSSR count). The van der Waals surface area contributed by atoms with E-state index in [1.807, 2.05) is 36.9 Å². The smallest absolute Gasteiger partial charge is 0.233 e. The SMILES string of the molecule is CC1CN(C(=O)C2(c3ccccc3)CC2)CC(C)O1. The molecule has 0 bridgehead atoms. The summed E-state index contributed by atoms with van der Waals surface area (Å²) in [5, 5.41) is 0. The molecule has 1 aliphatic heterocycles. The van der Waals surface area contributed by atoms with E-state index < -0.39 is 0 Å². The van der Waals surface area contributed by atoms with E-state index in [9.17, 15) is 4.79 Å². The molecule has 2 aliphatic rings. The van der Waals surface area contributed by atoms with Gasteiger partial charge in [-0.15, -0.1) is 0 Å². The molecule has 0 spiro atoms. The van der Waals surface area contributed by atoms with Crippen LogP contribution in [0.15, 0.2) is 30.3 Å². The molecule has 3 nitrogen and oxygen atoms in total. The molecule has 2 unspecified atom stereocenters. The first kappa shape index (κ1) is 12.7. The molecule has 1 amide bonds. The van der Waals surface area contributed by atoms with Crippen LogP contribution in [-0.2, 0) is 14.9 Å². The highest BCUT2D eigenvalue weighted by Crippen LogP contribution is 2.49. The van der Waals surface area contributed by atoms with Gasteiger partial charge in [0.2, 0.25) is 5.91 Å². The number of hydrogen-bond acceptors (Lipinski definition) is 2. The summed E-state index contributed by atoms with van der Waals surface area (Å²) >= 11 is 0. The maximum Gasteiger partial charge on any atom is 0.233 e. The summed E-state index contributed by atoms with van der Waals surface area (Å²) < 4.78 is 5.71. The van der Waals surface area contributed by atoms with Crippen molar-refractivity contribution in [3.8, 4) is 0 Å². The highest BCUT2D eigenvalue weighted by atomic mass is 16.5. The first-order valence-electron chi connectivity index (χ1n) is 7.12. The van der Waals surface area contributed by atoms with Crippen molar-refractivity contribution in [2.24, 2.45) is 0 Å². The van der Waals surface area contributed by atoms with Crippen LogP contribution in [-0.4, -0.2) is 36.1 Å². The minimum absolute atomic E-state index is 0.138. The number of carbonyl (C=O) groups excluding carboxylic acids is 1. The largest absolute Gasteiger partial charge is 0.372 e. The summed E-state index contributed by atoms with van der Waals surface area (Å²) in [4.78, 5) is 14.8. The number of nitrogens with zero attached hydrogens (tertiary/aromatic N) is 1. The molecule has 1 aliphatic carbocycles. The lowest BCUT2D eigenvalue weighted by molar-refractivity contribution is -0.145. The number of rotatable bonds is 2. The molecule has 2 fully saturated rings. The fourth-order valence-corrected chi connectivity index (χ4v) is 3.15. The van der Waals surface area contributed by atoms with Gasteiger partial charge in [0, 0.05) is 13.1 Å². The molecule has 1 saturated heterocycles. The van der Waals surface area contributed by atoms with Crippen LogP contribution < -0.4 is 0 Å². The van der Waals surface area contributed by atoms with Crippen LogP contribution in [0.2, 0.25) is 0 Å². The zero-order valence-electron chi connectivity index (χ0n) is 11.6. The Morgan fingerprint density at radius 1 is 1.16 bits per heavy atom. The molecular weight excluding hydrogens is 238 g/mol. The minimum atomic E-state index is -0.238. The Bertz CT molecular complexity index is 457. The molecule has 19 heavy (non-hydrogen) atoms. The lowest BCUT2D eigenvalue weighted by Gasteiger charge is -2.37. The van der Waals surface area contributed by atoms with E-state index >= 15 is 0 Å². The first-order chi connectivity index (χ1) is 9.12. The average Bonchev–Trinajstić information content (AvgIpc) is 3.19. The second-order valence-electron chi connectivity index (χ2n) is 5.92. The maximum absolute atomic E-state index is 12.8. The Labute approximate surface area is 114 Å². The third-order valence-electron chi connectivity index (χ3n) is 4.19. The van der Waals surface area contributed by atoms with Crippen LogP contribution >= 0.6 is 0 Å². The zero-order chi connectivity index (χ0) is 13.5. The van der Waals surface area contributed by atoms with Gasteiger partial charge in [0.1, 0.15) is 0 Å². The topological polar surface area (TPSA) is 29.5 Å². The van der Waals surface area contributed by atoms with Crippen molar-refractivity contribution in [1.29, 1.82) is 0 Å². The van der Waals surface area contributed by atoms with Gasteiger partial charge in [-0.25, -0.2) is 0 Å². The number of benzene rings is 1. The Morgan fingerprint density at radius 3 is 2.26 bits per heavy atom. The maximum atomic E-state index is 12.8. The lowest BCUT2D eigenvalue weighted by atomic mass is 9.94. The number of hydrogen-bond donors (Lipinski definition) is 0. The van der Waals surface area contributed by atoms with Gasteiger partial charge in [0.25, 0.3) is 0 Å². The van der Waals surface area contributed by atoms with Gasteiger partial charge >= 0.3 is 0 Å². The van der Waals surface area contributed by atoms with E-state index in [-0.39, 0.29) is 17.6 Å². The summed E-state index contributed by atoms with van der Waals surface area (Å²) in [5.74, 6) is 0.292. The molecule has 1 saturated carbocycles. The van der Waals surface area contributed by atoms with E-state index in [1.165, 1.54) is 5.56 Å². The van der Waals surface area contributed by atoms with Gasteiger partial charge in [-0.2, -0.15) is 0 Å². The third kappa shape index (κ3) is 2.27. The molecule has 0 aromatic heterocycles. The van der Waals surface area contributed by atoms with Crippen molar-refractivity contribution in [3.63, 3.8) is 0 Å². The highest BCUT2D eigenvalue weighted by Gasteiger charge is 2.53. The van der Waals surface area contributed by atoms with Crippen molar-refractivity contribution in [1.82, 2.24) is 4.90 Å². The lowest BCUT2D eigenvalue weighted by Crippen LogP contribution is -2.51. The molecule has 1 aromatic carbocycles. The van der Waals surface area contributed by atoms with E-state index in [2.05, 4.69) is 12.1 Å². The molecule has 1 heterocycles. The van der Waals surface area contributed by atoms with Crippen molar-refractivity contribution in [3.05, 3.63) is 35.9 Å². The van der Waals surface area contributed by atoms with Gasteiger partial charge in [-0.1, -0.05) is 30.3 Å². The number of carbonyl (C=O) groups is 1. The predicted octanol–water partition coefficient (Wildman–Crippen LogP) is 2.35. The van der Waals surface area contributed by atoms with E-state index in [1.54, 1.807) is 0 Å². The van der Waals surface area contributed by atoms with Crippen molar-refractivity contribution in [2.75, 3.05) is 13.1 Å². The molecule has 0 N–H and O–H groups in total. The summed E-state index contributed by atoms with van der Waals surface area (Å²) in [5.41, 5.74) is 0.935. The van der Waals surface area contributed by atoms with Crippen molar-refractivity contribution in [2.45, 2.75) is 44.3 Å². The first-order valence-corrected chi connectivity index (χ1v) is 7.12. The van der Waals surface area contributed by atoms with Crippen molar-refractivity contribution < 1.29 is 9.53 Å². The Morgan fingerprint density at radius 2 is 1.74 bits per heavy atom. The zero-order valence-corrected chi connectivity index (χ0v) is 11.6. The van der Waals surface area contributed by atoms with Gasteiger partial charge in [-0.3, -0.25) is 4.79 Å². The van der Waals surface area contributed by atoms with Gasteiger partial charge in [0.05, 0.1) is 17.6 Å². The quantitative estimate of drug-likeness (QED) is 0.816. The monoisotopic (exact) mass is 259 g/mol. The molecular formula is C16H21NO2. The predicted molar refractivity (Wildman–Crippen MR) is 73.9 cm³/mol. The number of morpholine rings is 1.